The van der Waals surface area contributed by atoms with E-state index < -0.39 is 0 Å². The van der Waals surface area contributed by atoms with Crippen molar-refractivity contribution in [3.8, 4) is 17.6 Å². The third-order valence-electron chi connectivity index (χ3n) is 4.10. The van der Waals surface area contributed by atoms with Gasteiger partial charge in [-0.2, -0.15) is 5.26 Å². The Morgan fingerprint density at radius 1 is 1.14 bits per heavy atom. The fraction of sp³-hybridized carbons (Fsp3) is 0.304. The second-order valence-electron chi connectivity index (χ2n) is 6.20. The van der Waals surface area contributed by atoms with Crippen molar-refractivity contribution in [2.45, 2.75) is 26.7 Å². The lowest BCUT2D eigenvalue weighted by molar-refractivity contribution is -0.117. The molecular formula is C23H25BrN2O3. The molecule has 0 saturated carbocycles. The van der Waals surface area contributed by atoms with Crippen LogP contribution in [0.3, 0.4) is 0 Å². The number of nitrogens with one attached hydrogen (secondary N) is 1. The van der Waals surface area contributed by atoms with E-state index in [1.165, 1.54) is 5.56 Å². The van der Waals surface area contributed by atoms with Gasteiger partial charge in [0.1, 0.15) is 11.6 Å². The molecule has 0 atom stereocenters. The molecule has 0 aliphatic carbocycles. The summed E-state index contributed by atoms with van der Waals surface area (Å²) in [7, 11) is 0. The normalized spacial score (nSPS) is 10.9. The van der Waals surface area contributed by atoms with Gasteiger partial charge >= 0.3 is 0 Å². The lowest BCUT2D eigenvalue weighted by Gasteiger charge is -2.13. The number of aryl methyl sites for hydroxylation is 1. The number of rotatable bonds is 10. The van der Waals surface area contributed by atoms with E-state index in [0.29, 0.717) is 41.3 Å². The first-order valence-corrected chi connectivity index (χ1v) is 10.4. The maximum absolute atomic E-state index is 12.4. The third kappa shape index (κ3) is 6.95. The van der Waals surface area contributed by atoms with Crippen molar-refractivity contribution in [1.29, 1.82) is 5.26 Å². The molecule has 0 unspecified atom stereocenters. The molecule has 0 aliphatic rings. The first kappa shape index (κ1) is 22.5. The molecule has 1 N–H and O–H groups in total. The van der Waals surface area contributed by atoms with E-state index in [1.54, 1.807) is 18.2 Å². The summed E-state index contributed by atoms with van der Waals surface area (Å²) in [5, 5.41) is 12.3. The molecule has 0 heterocycles. The van der Waals surface area contributed by atoms with E-state index in [2.05, 4.69) is 33.4 Å². The van der Waals surface area contributed by atoms with Crippen LogP contribution in [0.5, 0.6) is 11.5 Å². The van der Waals surface area contributed by atoms with Crippen LogP contribution in [-0.4, -0.2) is 25.7 Å². The van der Waals surface area contributed by atoms with E-state index in [4.69, 9.17) is 9.47 Å². The molecule has 0 radical (unpaired) electrons. The summed E-state index contributed by atoms with van der Waals surface area (Å²) >= 11 is 3.48. The number of nitrogens with zero attached hydrogens (tertiary/aromatic N) is 1. The van der Waals surface area contributed by atoms with Gasteiger partial charge in [-0.15, -0.1) is 0 Å². The smallest absolute Gasteiger partial charge is 0.261 e. The standard InChI is InChI=1S/C23H25BrN2O3/c1-3-28-21-14-18(20(24)15-22(21)29-4-2)13-19(16-25)23(27)26-12-8-11-17-9-6-5-7-10-17/h5-7,9-10,13-15H,3-4,8,11-12H2,1-2H3,(H,26,27)/b19-13-. The van der Waals surface area contributed by atoms with Crippen molar-refractivity contribution < 1.29 is 14.3 Å². The third-order valence-corrected chi connectivity index (χ3v) is 4.79. The molecule has 152 valence electrons. The van der Waals surface area contributed by atoms with Gasteiger partial charge in [0.25, 0.3) is 5.91 Å². The quantitative estimate of drug-likeness (QED) is 0.313. The van der Waals surface area contributed by atoms with Gasteiger partial charge in [-0.1, -0.05) is 46.3 Å². The number of hydrogen-bond donors (Lipinski definition) is 1. The molecule has 2 aromatic rings. The zero-order valence-corrected chi connectivity index (χ0v) is 18.3. The van der Waals surface area contributed by atoms with Crippen LogP contribution < -0.4 is 14.8 Å². The fourth-order valence-electron chi connectivity index (χ4n) is 2.74. The summed E-state index contributed by atoms with van der Waals surface area (Å²) in [6, 6.07) is 15.6. The zero-order chi connectivity index (χ0) is 21.1. The Morgan fingerprint density at radius 3 is 2.41 bits per heavy atom. The second kappa shape index (κ2) is 11.9. The van der Waals surface area contributed by atoms with Crippen LogP contribution in [0, 0.1) is 11.3 Å². The van der Waals surface area contributed by atoms with E-state index in [-0.39, 0.29) is 11.5 Å². The van der Waals surface area contributed by atoms with Crippen molar-refractivity contribution in [1.82, 2.24) is 5.32 Å². The van der Waals surface area contributed by atoms with Crippen molar-refractivity contribution >= 4 is 27.9 Å². The van der Waals surface area contributed by atoms with Crippen LogP contribution in [0.15, 0.2) is 52.5 Å². The predicted octanol–water partition coefficient (Wildman–Crippen LogP) is 4.90. The van der Waals surface area contributed by atoms with E-state index in [9.17, 15) is 10.1 Å². The number of benzene rings is 2. The van der Waals surface area contributed by atoms with Crippen LogP contribution in [0.2, 0.25) is 0 Å². The maximum Gasteiger partial charge on any atom is 0.261 e. The highest BCUT2D eigenvalue weighted by atomic mass is 79.9. The Kier molecular flexibility index (Phi) is 9.26. The van der Waals surface area contributed by atoms with Crippen LogP contribution in [0.25, 0.3) is 6.08 Å². The molecule has 29 heavy (non-hydrogen) atoms. The lowest BCUT2D eigenvalue weighted by Crippen LogP contribution is -2.25. The average molecular weight is 457 g/mol. The molecule has 0 aromatic heterocycles. The van der Waals surface area contributed by atoms with Crippen molar-refractivity contribution in [3.05, 3.63) is 63.6 Å². The summed E-state index contributed by atoms with van der Waals surface area (Å²) in [6.07, 6.45) is 3.22. The highest BCUT2D eigenvalue weighted by Crippen LogP contribution is 2.35. The second-order valence-corrected chi connectivity index (χ2v) is 7.06. The Bertz CT molecular complexity index is 889. The highest BCUT2D eigenvalue weighted by Gasteiger charge is 2.13. The van der Waals surface area contributed by atoms with Gasteiger partial charge < -0.3 is 14.8 Å². The van der Waals surface area contributed by atoms with Gasteiger partial charge in [0.2, 0.25) is 0 Å². The lowest BCUT2D eigenvalue weighted by atomic mass is 10.1. The number of nitriles is 1. The predicted molar refractivity (Wildman–Crippen MR) is 118 cm³/mol. The van der Waals surface area contributed by atoms with Crippen LogP contribution >= 0.6 is 15.9 Å². The first-order chi connectivity index (χ1) is 14.1. The number of carbonyl (C=O) groups excluding carboxylic acids is 1. The highest BCUT2D eigenvalue weighted by molar-refractivity contribution is 9.10. The first-order valence-electron chi connectivity index (χ1n) is 9.62. The zero-order valence-electron chi connectivity index (χ0n) is 16.7. The van der Waals surface area contributed by atoms with Crippen LogP contribution in [-0.2, 0) is 11.2 Å². The van der Waals surface area contributed by atoms with E-state index in [0.717, 1.165) is 12.8 Å². The van der Waals surface area contributed by atoms with E-state index in [1.807, 2.05) is 38.1 Å². The molecule has 0 fully saturated rings. The van der Waals surface area contributed by atoms with Crippen molar-refractivity contribution in [2.24, 2.45) is 0 Å². The minimum Gasteiger partial charge on any atom is -0.490 e. The molecule has 0 saturated heterocycles. The van der Waals surface area contributed by atoms with Gasteiger partial charge in [-0.05, 0) is 56.0 Å². The minimum atomic E-state index is -0.390. The number of amides is 1. The molecular weight excluding hydrogens is 432 g/mol. The van der Waals surface area contributed by atoms with Crippen LogP contribution in [0.4, 0.5) is 0 Å². The van der Waals surface area contributed by atoms with Crippen molar-refractivity contribution in [3.63, 3.8) is 0 Å². The Morgan fingerprint density at radius 2 is 1.79 bits per heavy atom. The molecule has 6 heteroatoms. The van der Waals surface area contributed by atoms with Crippen molar-refractivity contribution in [2.75, 3.05) is 19.8 Å². The molecule has 0 spiro atoms. The summed E-state index contributed by atoms with van der Waals surface area (Å²) in [5.41, 5.74) is 1.93. The number of carbonyl (C=O) groups is 1. The van der Waals surface area contributed by atoms with Gasteiger partial charge in [-0.25, -0.2) is 0 Å². The monoisotopic (exact) mass is 456 g/mol. The minimum absolute atomic E-state index is 0.0389. The Labute approximate surface area is 180 Å². The fourth-order valence-corrected chi connectivity index (χ4v) is 3.17. The molecule has 0 bridgehead atoms. The molecule has 2 rings (SSSR count). The summed E-state index contributed by atoms with van der Waals surface area (Å²) < 4.78 is 11.9. The number of halogens is 1. The summed E-state index contributed by atoms with van der Waals surface area (Å²) in [5.74, 6) is 0.797. The Hall–Kier alpha value is -2.78. The van der Waals surface area contributed by atoms with Gasteiger partial charge in [0.05, 0.1) is 13.2 Å². The topological polar surface area (TPSA) is 71.3 Å². The summed E-state index contributed by atoms with van der Waals surface area (Å²) in [6.45, 7) is 5.28. The summed E-state index contributed by atoms with van der Waals surface area (Å²) in [4.78, 5) is 12.4. The number of ether oxygens (including phenoxy) is 2. The molecule has 1 amide bonds. The SMILES string of the molecule is CCOc1cc(Br)c(/C=C(/C#N)C(=O)NCCCc2ccccc2)cc1OCC. The van der Waals surface area contributed by atoms with Gasteiger partial charge in [-0.3, -0.25) is 4.79 Å². The van der Waals surface area contributed by atoms with Gasteiger partial charge in [0.15, 0.2) is 11.5 Å². The van der Waals surface area contributed by atoms with Crippen LogP contribution in [0.1, 0.15) is 31.4 Å². The van der Waals surface area contributed by atoms with Gasteiger partial charge in [0, 0.05) is 11.0 Å². The molecule has 0 aliphatic heterocycles. The maximum atomic E-state index is 12.4. The molecule has 2 aromatic carbocycles. The largest absolute Gasteiger partial charge is 0.490 e. The van der Waals surface area contributed by atoms with E-state index >= 15 is 0 Å². The average Bonchev–Trinajstić information content (AvgIpc) is 2.73. The number of hydrogen-bond acceptors (Lipinski definition) is 4. The molecule has 5 nitrogen and oxygen atoms in total. The Balaban J connectivity index is 2.06.